The van der Waals surface area contributed by atoms with E-state index in [2.05, 4.69) is 10.6 Å². The van der Waals surface area contributed by atoms with E-state index in [1.807, 2.05) is 24.3 Å². The minimum atomic E-state index is -0.192. The molecule has 0 aliphatic carbocycles. The Morgan fingerprint density at radius 1 is 1.09 bits per heavy atom. The Hall–Kier alpha value is -2.82. The number of amides is 2. The SMILES string of the molecule is COc1ccc(CNC(=O)c2cccc(NC(C)=O)c2)cc1. The molecule has 0 saturated carbocycles. The molecular weight excluding hydrogens is 280 g/mol. The molecular formula is C17H18N2O3. The van der Waals surface area contributed by atoms with Crippen LogP contribution in [-0.2, 0) is 11.3 Å². The number of ether oxygens (including phenoxy) is 1. The fourth-order valence-corrected chi connectivity index (χ4v) is 1.97. The summed E-state index contributed by atoms with van der Waals surface area (Å²) in [5.41, 5.74) is 2.08. The van der Waals surface area contributed by atoms with Crippen LogP contribution in [0, 0.1) is 0 Å². The second-order valence-electron chi connectivity index (χ2n) is 4.79. The van der Waals surface area contributed by atoms with Crippen LogP contribution in [0.15, 0.2) is 48.5 Å². The van der Waals surface area contributed by atoms with Gasteiger partial charge in [-0.25, -0.2) is 0 Å². The molecule has 0 spiro atoms. The maximum Gasteiger partial charge on any atom is 0.251 e. The molecule has 0 atom stereocenters. The van der Waals surface area contributed by atoms with Gasteiger partial charge < -0.3 is 15.4 Å². The molecule has 0 aromatic heterocycles. The number of anilines is 1. The summed E-state index contributed by atoms with van der Waals surface area (Å²) >= 11 is 0. The fraction of sp³-hybridized carbons (Fsp3) is 0.176. The number of hydrogen-bond acceptors (Lipinski definition) is 3. The Bertz CT molecular complexity index is 666. The number of benzene rings is 2. The van der Waals surface area contributed by atoms with Crippen molar-refractivity contribution >= 4 is 17.5 Å². The molecule has 0 aliphatic heterocycles. The van der Waals surface area contributed by atoms with Crippen molar-refractivity contribution in [2.45, 2.75) is 13.5 Å². The zero-order valence-electron chi connectivity index (χ0n) is 12.6. The molecule has 114 valence electrons. The number of nitrogens with one attached hydrogen (secondary N) is 2. The normalized spacial score (nSPS) is 9.91. The Morgan fingerprint density at radius 3 is 2.45 bits per heavy atom. The summed E-state index contributed by atoms with van der Waals surface area (Å²) in [4.78, 5) is 23.2. The number of rotatable bonds is 5. The smallest absolute Gasteiger partial charge is 0.251 e. The maximum atomic E-state index is 12.1. The predicted octanol–water partition coefficient (Wildman–Crippen LogP) is 2.58. The Balaban J connectivity index is 1.97. The van der Waals surface area contributed by atoms with Crippen LogP contribution < -0.4 is 15.4 Å². The fourth-order valence-electron chi connectivity index (χ4n) is 1.97. The van der Waals surface area contributed by atoms with Gasteiger partial charge in [-0.3, -0.25) is 9.59 Å². The monoisotopic (exact) mass is 298 g/mol. The van der Waals surface area contributed by atoms with E-state index in [1.54, 1.807) is 31.4 Å². The van der Waals surface area contributed by atoms with Gasteiger partial charge in [-0.15, -0.1) is 0 Å². The molecule has 22 heavy (non-hydrogen) atoms. The number of carbonyl (C=O) groups excluding carboxylic acids is 2. The Labute approximate surface area is 129 Å². The maximum absolute atomic E-state index is 12.1. The Morgan fingerprint density at radius 2 is 1.82 bits per heavy atom. The van der Waals surface area contributed by atoms with Gasteiger partial charge >= 0.3 is 0 Å². The first-order chi connectivity index (χ1) is 10.6. The predicted molar refractivity (Wildman–Crippen MR) is 84.9 cm³/mol. The van der Waals surface area contributed by atoms with Crippen molar-refractivity contribution in [3.05, 3.63) is 59.7 Å². The molecule has 5 heteroatoms. The molecule has 0 aliphatic rings. The summed E-state index contributed by atoms with van der Waals surface area (Å²) in [5.74, 6) is 0.414. The van der Waals surface area contributed by atoms with Crippen molar-refractivity contribution in [2.75, 3.05) is 12.4 Å². The lowest BCUT2D eigenvalue weighted by Gasteiger charge is -2.08. The number of methoxy groups -OCH3 is 1. The van der Waals surface area contributed by atoms with Gasteiger partial charge in [0.1, 0.15) is 5.75 Å². The van der Waals surface area contributed by atoms with Crippen molar-refractivity contribution in [3.63, 3.8) is 0 Å². The third-order valence-corrected chi connectivity index (χ3v) is 3.06. The minimum Gasteiger partial charge on any atom is -0.497 e. The number of carbonyl (C=O) groups is 2. The van der Waals surface area contributed by atoms with Gasteiger partial charge in [0.05, 0.1) is 7.11 Å². The van der Waals surface area contributed by atoms with Crippen LogP contribution in [0.1, 0.15) is 22.8 Å². The molecule has 2 aromatic carbocycles. The summed E-state index contributed by atoms with van der Waals surface area (Å²) in [7, 11) is 1.61. The van der Waals surface area contributed by atoms with Crippen LogP contribution in [0.2, 0.25) is 0 Å². The molecule has 0 radical (unpaired) electrons. The summed E-state index contributed by atoms with van der Waals surface area (Å²) in [5, 5.41) is 5.49. The van der Waals surface area contributed by atoms with Crippen LogP contribution in [-0.4, -0.2) is 18.9 Å². The first kappa shape index (κ1) is 15.6. The Kier molecular flexibility index (Phi) is 5.14. The van der Waals surface area contributed by atoms with E-state index in [0.717, 1.165) is 11.3 Å². The molecule has 2 rings (SSSR count). The highest BCUT2D eigenvalue weighted by Crippen LogP contribution is 2.12. The average Bonchev–Trinajstić information content (AvgIpc) is 2.52. The first-order valence-electron chi connectivity index (χ1n) is 6.87. The summed E-state index contributed by atoms with van der Waals surface area (Å²) in [6.07, 6.45) is 0. The van der Waals surface area contributed by atoms with E-state index in [4.69, 9.17) is 4.74 Å². The quantitative estimate of drug-likeness (QED) is 0.891. The minimum absolute atomic E-state index is 0.171. The van der Waals surface area contributed by atoms with Gasteiger partial charge in [0, 0.05) is 24.7 Å². The third-order valence-electron chi connectivity index (χ3n) is 3.06. The van der Waals surface area contributed by atoms with Gasteiger partial charge in [-0.05, 0) is 35.9 Å². The molecule has 0 bridgehead atoms. The topological polar surface area (TPSA) is 67.4 Å². The lowest BCUT2D eigenvalue weighted by molar-refractivity contribution is -0.114. The zero-order chi connectivity index (χ0) is 15.9. The lowest BCUT2D eigenvalue weighted by Crippen LogP contribution is -2.22. The van der Waals surface area contributed by atoms with E-state index in [9.17, 15) is 9.59 Å². The van der Waals surface area contributed by atoms with E-state index in [1.165, 1.54) is 6.92 Å². The summed E-state index contributed by atoms with van der Waals surface area (Å²) in [6, 6.07) is 14.3. The average molecular weight is 298 g/mol. The highest BCUT2D eigenvalue weighted by atomic mass is 16.5. The first-order valence-corrected chi connectivity index (χ1v) is 6.87. The second-order valence-corrected chi connectivity index (χ2v) is 4.79. The van der Waals surface area contributed by atoms with Crippen LogP contribution in [0.3, 0.4) is 0 Å². The standard InChI is InChI=1S/C17H18N2O3/c1-12(20)19-15-5-3-4-14(10-15)17(21)18-11-13-6-8-16(22-2)9-7-13/h3-10H,11H2,1-2H3,(H,18,21)(H,19,20). The second kappa shape index (κ2) is 7.26. The highest BCUT2D eigenvalue weighted by Gasteiger charge is 2.06. The molecule has 2 N–H and O–H groups in total. The van der Waals surface area contributed by atoms with Gasteiger partial charge in [0.15, 0.2) is 0 Å². The largest absolute Gasteiger partial charge is 0.497 e. The molecule has 2 amide bonds. The molecule has 0 heterocycles. The molecule has 0 saturated heterocycles. The molecule has 5 nitrogen and oxygen atoms in total. The van der Waals surface area contributed by atoms with Crippen LogP contribution in [0.25, 0.3) is 0 Å². The van der Waals surface area contributed by atoms with Gasteiger partial charge in [-0.2, -0.15) is 0 Å². The van der Waals surface area contributed by atoms with Gasteiger partial charge in [0.25, 0.3) is 5.91 Å². The zero-order valence-corrected chi connectivity index (χ0v) is 12.6. The van der Waals surface area contributed by atoms with Crippen molar-refractivity contribution in [1.82, 2.24) is 5.32 Å². The molecule has 0 fully saturated rings. The van der Waals surface area contributed by atoms with Gasteiger partial charge in [-0.1, -0.05) is 18.2 Å². The number of hydrogen-bond donors (Lipinski definition) is 2. The van der Waals surface area contributed by atoms with Gasteiger partial charge in [0.2, 0.25) is 5.91 Å². The van der Waals surface area contributed by atoms with Crippen LogP contribution >= 0.6 is 0 Å². The summed E-state index contributed by atoms with van der Waals surface area (Å²) in [6.45, 7) is 1.85. The lowest BCUT2D eigenvalue weighted by atomic mass is 10.1. The van der Waals surface area contributed by atoms with E-state index < -0.39 is 0 Å². The van der Waals surface area contributed by atoms with Crippen LogP contribution in [0.4, 0.5) is 5.69 Å². The van der Waals surface area contributed by atoms with Crippen molar-refractivity contribution in [1.29, 1.82) is 0 Å². The van der Waals surface area contributed by atoms with Crippen molar-refractivity contribution in [3.8, 4) is 5.75 Å². The molecule has 2 aromatic rings. The van der Waals surface area contributed by atoms with E-state index in [0.29, 0.717) is 17.8 Å². The molecule has 0 unspecified atom stereocenters. The summed E-state index contributed by atoms with van der Waals surface area (Å²) < 4.78 is 5.09. The van der Waals surface area contributed by atoms with Crippen LogP contribution in [0.5, 0.6) is 5.75 Å². The van der Waals surface area contributed by atoms with E-state index in [-0.39, 0.29) is 11.8 Å². The van der Waals surface area contributed by atoms with E-state index >= 15 is 0 Å². The third kappa shape index (κ3) is 4.34. The van der Waals surface area contributed by atoms with Crippen molar-refractivity contribution in [2.24, 2.45) is 0 Å². The van der Waals surface area contributed by atoms with Crippen molar-refractivity contribution < 1.29 is 14.3 Å². The highest BCUT2D eigenvalue weighted by molar-refractivity contribution is 5.96.